The van der Waals surface area contributed by atoms with Crippen LogP contribution in [0, 0.1) is 5.92 Å². The Morgan fingerprint density at radius 1 is 1.05 bits per heavy atom. The number of hydrogen-bond donors (Lipinski definition) is 2. The number of amides is 2. The maximum absolute atomic E-state index is 12.9. The predicted molar refractivity (Wildman–Crippen MR) is 151 cm³/mol. The van der Waals surface area contributed by atoms with Crippen molar-refractivity contribution in [3.8, 4) is 5.75 Å². The van der Waals surface area contributed by atoms with Crippen LogP contribution in [0.4, 0.5) is 17.2 Å². The molecule has 1 aliphatic rings. The third-order valence-electron chi connectivity index (χ3n) is 6.55. The Bertz CT molecular complexity index is 1510. The van der Waals surface area contributed by atoms with Crippen LogP contribution < -0.4 is 15.4 Å². The largest absolute Gasteiger partial charge is 0.486 e. The molecule has 3 heterocycles. The third-order valence-corrected chi connectivity index (χ3v) is 6.85. The minimum absolute atomic E-state index is 0.0699. The summed E-state index contributed by atoms with van der Waals surface area (Å²) in [5.41, 5.74) is 2.90. The first kappa shape index (κ1) is 26.1. The monoisotopic (exact) mass is 542 g/mol. The summed E-state index contributed by atoms with van der Waals surface area (Å²) in [6.45, 7) is 4.92. The van der Waals surface area contributed by atoms with Crippen molar-refractivity contribution >= 4 is 51.5 Å². The van der Waals surface area contributed by atoms with Crippen molar-refractivity contribution in [3.63, 3.8) is 0 Å². The van der Waals surface area contributed by atoms with Gasteiger partial charge in [-0.2, -0.15) is 0 Å². The van der Waals surface area contributed by atoms with Crippen molar-refractivity contribution in [2.75, 3.05) is 23.7 Å². The Morgan fingerprint density at radius 2 is 1.87 bits per heavy atom. The predicted octanol–water partition coefficient (Wildman–Crippen LogP) is 5.36. The zero-order valence-electron chi connectivity index (χ0n) is 21.1. The molecule has 0 saturated carbocycles. The van der Waals surface area contributed by atoms with Crippen molar-refractivity contribution in [1.29, 1.82) is 0 Å². The summed E-state index contributed by atoms with van der Waals surface area (Å²) in [6.07, 6.45) is 5.72. The maximum atomic E-state index is 12.9. The summed E-state index contributed by atoms with van der Waals surface area (Å²) in [4.78, 5) is 39.5. The second-order valence-corrected chi connectivity index (χ2v) is 9.53. The minimum atomic E-state index is -0.167. The molecule has 1 fully saturated rings. The fourth-order valence-electron chi connectivity index (χ4n) is 4.44. The highest BCUT2D eigenvalue weighted by molar-refractivity contribution is 6.32. The fourth-order valence-corrected chi connectivity index (χ4v) is 4.67. The molecule has 10 heteroatoms. The van der Waals surface area contributed by atoms with E-state index in [2.05, 4.69) is 32.2 Å². The number of hydrogen-bond acceptors (Lipinski definition) is 7. The van der Waals surface area contributed by atoms with Gasteiger partial charge in [0.05, 0.1) is 16.2 Å². The van der Waals surface area contributed by atoms with Gasteiger partial charge >= 0.3 is 0 Å². The summed E-state index contributed by atoms with van der Waals surface area (Å²) in [6, 6.07) is 16.5. The number of likely N-dealkylation sites (tertiary alicyclic amines) is 1. The average Bonchev–Trinajstić information content (AvgIpc) is 2.97. The Kier molecular flexibility index (Phi) is 7.98. The van der Waals surface area contributed by atoms with Gasteiger partial charge < -0.3 is 20.3 Å². The molecule has 2 amide bonds. The standard InChI is InChI=1S/C29H27ClN6O3/c1-2-27(37)36-13-10-19(11-14-36)29(38)35-20-6-8-25-23(15-20)28(33-18-32-25)34-21-7-9-26(24(30)16-21)39-17-22-5-3-4-12-31-22/h2-9,12,15-16,18-19H,1,10-11,13-14,17H2,(H,35,38)(H,32,33,34). The van der Waals surface area contributed by atoms with Crippen LogP contribution in [0.2, 0.25) is 5.02 Å². The number of rotatable bonds is 8. The highest BCUT2D eigenvalue weighted by Gasteiger charge is 2.26. The van der Waals surface area contributed by atoms with E-state index in [9.17, 15) is 9.59 Å². The van der Waals surface area contributed by atoms with E-state index in [4.69, 9.17) is 16.3 Å². The van der Waals surface area contributed by atoms with Crippen molar-refractivity contribution in [3.05, 3.63) is 90.5 Å². The van der Waals surface area contributed by atoms with Crippen LogP contribution in [0.3, 0.4) is 0 Å². The van der Waals surface area contributed by atoms with Gasteiger partial charge in [-0.3, -0.25) is 14.6 Å². The SMILES string of the molecule is C=CC(=O)N1CCC(C(=O)Nc2ccc3ncnc(Nc4ccc(OCc5ccccn5)c(Cl)c4)c3c2)CC1. The first-order chi connectivity index (χ1) is 19.0. The lowest BCUT2D eigenvalue weighted by Gasteiger charge is -2.30. The quantitative estimate of drug-likeness (QED) is 0.288. The van der Waals surface area contributed by atoms with E-state index in [0.717, 1.165) is 22.3 Å². The van der Waals surface area contributed by atoms with Crippen molar-refractivity contribution in [2.45, 2.75) is 19.4 Å². The van der Waals surface area contributed by atoms with Crippen molar-refractivity contribution in [2.24, 2.45) is 5.92 Å². The molecule has 1 saturated heterocycles. The van der Waals surface area contributed by atoms with E-state index in [1.54, 1.807) is 23.2 Å². The van der Waals surface area contributed by atoms with Crippen LogP contribution in [0.5, 0.6) is 5.75 Å². The number of nitrogens with one attached hydrogen (secondary N) is 2. The normalized spacial score (nSPS) is 13.6. The van der Waals surface area contributed by atoms with E-state index in [1.165, 1.54) is 12.4 Å². The van der Waals surface area contributed by atoms with Gasteiger partial charge in [-0.15, -0.1) is 0 Å². The third kappa shape index (κ3) is 6.32. The Hall–Kier alpha value is -4.50. The molecule has 39 heavy (non-hydrogen) atoms. The number of piperidine rings is 1. The number of pyridine rings is 1. The molecule has 0 aliphatic carbocycles. The summed E-state index contributed by atoms with van der Waals surface area (Å²) in [7, 11) is 0. The number of benzene rings is 2. The number of carbonyl (C=O) groups is 2. The molecule has 0 unspecified atom stereocenters. The van der Waals surface area contributed by atoms with E-state index >= 15 is 0 Å². The Morgan fingerprint density at radius 3 is 2.62 bits per heavy atom. The molecule has 0 bridgehead atoms. The molecule has 2 aromatic heterocycles. The number of nitrogens with zero attached hydrogens (tertiary/aromatic N) is 4. The highest BCUT2D eigenvalue weighted by atomic mass is 35.5. The fraction of sp³-hybridized carbons (Fsp3) is 0.207. The maximum Gasteiger partial charge on any atom is 0.245 e. The summed E-state index contributed by atoms with van der Waals surface area (Å²) < 4.78 is 5.81. The number of ether oxygens (including phenoxy) is 1. The molecule has 0 radical (unpaired) electrons. The summed E-state index contributed by atoms with van der Waals surface area (Å²) in [5, 5.41) is 7.49. The van der Waals surface area contributed by atoms with Crippen LogP contribution >= 0.6 is 11.6 Å². The molecule has 198 valence electrons. The summed E-state index contributed by atoms with van der Waals surface area (Å²) >= 11 is 6.48. The number of anilines is 3. The zero-order valence-corrected chi connectivity index (χ0v) is 21.9. The molecule has 0 atom stereocenters. The van der Waals surface area contributed by atoms with Crippen molar-refractivity contribution in [1.82, 2.24) is 19.9 Å². The van der Waals surface area contributed by atoms with Gasteiger partial charge in [0.1, 0.15) is 24.5 Å². The lowest BCUT2D eigenvalue weighted by Crippen LogP contribution is -2.40. The van der Waals surface area contributed by atoms with Crippen molar-refractivity contribution < 1.29 is 14.3 Å². The molecule has 2 N–H and O–H groups in total. The molecule has 4 aromatic rings. The van der Waals surface area contributed by atoms with Gasteiger partial charge in [0.25, 0.3) is 0 Å². The first-order valence-corrected chi connectivity index (χ1v) is 12.9. The second-order valence-electron chi connectivity index (χ2n) is 9.13. The van der Waals surface area contributed by atoms with E-state index in [0.29, 0.717) is 54.8 Å². The lowest BCUT2D eigenvalue weighted by atomic mass is 9.95. The Balaban J connectivity index is 1.26. The van der Waals surface area contributed by atoms with Gasteiger partial charge in [0.2, 0.25) is 11.8 Å². The van der Waals surface area contributed by atoms with Gasteiger partial charge in [0.15, 0.2) is 0 Å². The van der Waals surface area contributed by atoms with Crippen LogP contribution in [0.1, 0.15) is 18.5 Å². The van der Waals surface area contributed by atoms with Crippen LogP contribution in [-0.4, -0.2) is 44.8 Å². The number of aromatic nitrogens is 3. The average molecular weight is 543 g/mol. The molecule has 9 nitrogen and oxygen atoms in total. The first-order valence-electron chi connectivity index (χ1n) is 12.6. The zero-order chi connectivity index (χ0) is 27.2. The summed E-state index contributed by atoms with van der Waals surface area (Å²) in [5.74, 6) is 0.784. The molecule has 2 aromatic carbocycles. The second kappa shape index (κ2) is 11.9. The number of fused-ring (bicyclic) bond motifs is 1. The van der Waals surface area contributed by atoms with E-state index in [1.807, 2.05) is 42.5 Å². The number of carbonyl (C=O) groups excluding carboxylic acids is 2. The molecular weight excluding hydrogens is 516 g/mol. The van der Waals surface area contributed by atoms with E-state index < -0.39 is 0 Å². The molecular formula is C29H27ClN6O3. The van der Waals surface area contributed by atoms with Gasteiger partial charge in [-0.25, -0.2) is 9.97 Å². The van der Waals surface area contributed by atoms with Crippen LogP contribution in [0.15, 0.2) is 79.8 Å². The van der Waals surface area contributed by atoms with Crippen LogP contribution in [0.25, 0.3) is 10.9 Å². The van der Waals surface area contributed by atoms with Gasteiger partial charge in [-0.1, -0.05) is 24.2 Å². The molecule has 1 aliphatic heterocycles. The van der Waals surface area contributed by atoms with Crippen LogP contribution in [-0.2, 0) is 16.2 Å². The molecule has 0 spiro atoms. The molecule has 5 rings (SSSR count). The topological polar surface area (TPSA) is 109 Å². The lowest BCUT2D eigenvalue weighted by molar-refractivity contribution is -0.130. The van der Waals surface area contributed by atoms with Gasteiger partial charge in [-0.05, 0) is 67.4 Å². The highest BCUT2D eigenvalue weighted by Crippen LogP contribution is 2.32. The van der Waals surface area contributed by atoms with E-state index in [-0.39, 0.29) is 17.7 Å². The number of halogens is 1. The Labute approximate surface area is 230 Å². The smallest absolute Gasteiger partial charge is 0.245 e. The van der Waals surface area contributed by atoms with Gasteiger partial charge in [0, 0.05) is 42.0 Å². The minimum Gasteiger partial charge on any atom is -0.486 e.